The van der Waals surface area contributed by atoms with E-state index in [9.17, 15) is 5.11 Å². The molecule has 0 amide bonds. The first kappa shape index (κ1) is 13.3. The van der Waals surface area contributed by atoms with Gasteiger partial charge in [-0.05, 0) is 49.3 Å². The SMILES string of the molecule is OC(CCc1ccccc1)C1CCCc2cccnc21. The summed E-state index contributed by atoms with van der Waals surface area (Å²) in [5, 5.41) is 10.5. The molecule has 1 aliphatic carbocycles. The van der Waals surface area contributed by atoms with E-state index in [1.807, 2.05) is 18.3 Å². The molecule has 0 aliphatic heterocycles. The monoisotopic (exact) mass is 267 g/mol. The zero-order valence-corrected chi connectivity index (χ0v) is 11.7. The van der Waals surface area contributed by atoms with Gasteiger partial charge in [-0.25, -0.2) is 0 Å². The molecule has 1 N–H and O–H groups in total. The number of aromatic nitrogens is 1. The predicted molar refractivity (Wildman–Crippen MR) is 80.7 cm³/mol. The molecule has 1 aromatic heterocycles. The van der Waals surface area contributed by atoms with Crippen LogP contribution < -0.4 is 0 Å². The van der Waals surface area contributed by atoms with Crippen molar-refractivity contribution in [3.8, 4) is 0 Å². The van der Waals surface area contributed by atoms with Gasteiger partial charge in [0.25, 0.3) is 0 Å². The summed E-state index contributed by atoms with van der Waals surface area (Å²) in [4.78, 5) is 4.52. The van der Waals surface area contributed by atoms with Crippen LogP contribution in [-0.4, -0.2) is 16.2 Å². The van der Waals surface area contributed by atoms with Crippen LogP contribution in [0.5, 0.6) is 0 Å². The van der Waals surface area contributed by atoms with E-state index in [0.29, 0.717) is 0 Å². The molecular formula is C18H21NO. The minimum absolute atomic E-state index is 0.212. The highest BCUT2D eigenvalue weighted by atomic mass is 16.3. The molecule has 2 unspecified atom stereocenters. The van der Waals surface area contributed by atoms with E-state index in [2.05, 4.69) is 35.3 Å². The summed E-state index contributed by atoms with van der Waals surface area (Å²) in [6.45, 7) is 0. The van der Waals surface area contributed by atoms with E-state index in [0.717, 1.165) is 37.8 Å². The van der Waals surface area contributed by atoms with Crippen molar-refractivity contribution in [2.24, 2.45) is 0 Å². The van der Waals surface area contributed by atoms with Crippen molar-refractivity contribution in [3.63, 3.8) is 0 Å². The lowest BCUT2D eigenvalue weighted by atomic mass is 9.81. The third kappa shape index (κ3) is 2.91. The second kappa shape index (κ2) is 6.19. The summed E-state index contributed by atoms with van der Waals surface area (Å²) in [6.07, 6.45) is 6.62. The molecule has 2 atom stereocenters. The van der Waals surface area contributed by atoms with Gasteiger partial charge < -0.3 is 5.11 Å². The average molecular weight is 267 g/mol. The van der Waals surface area contributed by atoms with E-state index in [4.69, 9.17) is 0 Å². The highest BCUT2D eigenvalue weighted by Crippen LogP contribution is 2.33. The van der Waals surface area contributed by atoms with E-state index in [-0.39, 0.29) is 12.0 Å². The number of benzene rings is 1. The Morgan fingerprint density at radius 2 is 2.00 bits per heavy atom. The van der Waals surface area contributed by atoms with Crippen LogP contribution in [0.1, 0.15) is 42.0 Å². The molecule has 2 heteroatoms. The minimum atomic E-state index is -0.288. The number of aryl methyl sites for hydroxylation is 2. The smallest absolute Gasteiger partial charge is 0.0627 e. The standard InChI is InChI=1S/C18H21NO/c20-17(12-11-14-6-2-1-3-7-14)16-10-4-8-15-9-5-13-19-18(15)16/h1-3,5-7,9,13,16-17,20H,4,8,10-12H2. The van der Waals surface area contributed by atoms with Crippen molar-refractivity contribution >= 4 is 0 Å². The van der Waals surface area contributed by atoms with E-state index < -0.39 is 0 Å². The zero-order chi connectivity index (χ0) is 13.8. The fourth-order valence-corrected chi connectivity index (χ4v) is 3.18. The average Bonchev–Trinajstić information content (AvgIpc) is 2.53. The van der Waals surface area contributed by atoms with E-state index in [1.54, 1.807) is 0 Å². The van der Waals surface area contributed by atoms with Crippen molar-refractivity contribution < 1.29 is 5.11 Å². The van der Waals surface area contributed by atoms with Gasteiger partial charge in [0.05, 0.1) is 6.10 Å². The van der Waals surface area contributed by atoms with Crippen molar-refractivity contribution in [2.75, 3.05) is 0 Å². The number of fused-ring (bicyclic) bond motifs is 1. The van der Waals surface area contributed by atoms with Gasteiger partial charge in [-0.3, -0.25) is 4.98 Å². The molecule has 0 radical (unpaired) electrons. The van der Waals surface area contributed by atoms with Crippen molar-refractivity contribution in [1.82, 2.24) is 4.98 Å². The lowest BCUT2D eigenvalue weighted by Gasteiger charge is -2.28. The molecular weight excluding hydrogens is 246 g/mol. The molecule has 20 heavy (non-hydrogen) atoms. The van der Waals surface area contributed by atoms with Crippen molar-refractivity contribution in [3.05, 3.63) is 65.5 Å². The number of aliphatic hydroxyl groups excluding tert-OH is 1. The van der Waals surface area contributed by atoms with E-state index in [1.165, 1.54) is 11.1 Å². The maximum atomic E-state index is 10.5. The molecule has 0 saturated heterocycles. The fraction of sp³-hybridized carbons (Fsp3) is 0.389. The van der Waals surface area contributed by atoms with Crippen molar-refractivity contribution in [1.29, 1.82) is 0 Å². The molecule has 1 aliphatic rings. The molecule has 0 bridgehead atoms. The Kier molecular flexibility index (Phi) is 4.12. The Morgan fingerprint density at radius 1 is 1.15 bits per heavy atom. The summed E-state index contributed by atoms with van der Waals surface area (Å²) >= 11 is 0. The Balaban J connectivity index is 1.67. The summed E-state index contributed by atoms with van der Waals surface area (Å²) in [5.74, 6) is 0.212. The van der Waals surface area contributed by atoms with Gasteiger partial charge in [0.1, 0.15) is 0 Å². The van der Waals surface area contributed by atoms with E-state index >= 15 is 0 Å². The molecule has 0 fully saturated rings. The van der Waals surface area contributed by atoms with Crippen LogP contribution in [0.2, 0.25) is 0 Å². The van der Waals surface area contributed by atoms with Crippen LogP contribution in [0.4, 0.5) is 0 Å². The molecule has 1 heterocycles. The minimum Gasteiger partial charge on any atom is -0.392 e. The summed E-state index contributed by atoms with van der Waals surface area (Å²) in [7, 11) is 0. The first-order valence-electron chi connectivity index (χ1n) is 7.50. The van der Waals surface area contributed by atoms with Gasteiger partial charge in [0, 0.05) is 17.8 Å². The summed E-state index contributed by atoms with van der Waals surface area (Å²) < 4.78 is 0. The molecule has 2 nitrogen and oxygen atoms in total. The zero-order valence-electron chi connectivity index (χ0n) is 11.7. The number of hydrogen-bond donors (Lipinski definition) is 1. The number of hydrogen-bond acceptors (Lipinski definition) is 2. The van der Waals surface area contributed by atoms with Gasteiger partial charge in [0.15, 0.2) is 0 Å². The molecule has 3 rings (SSSR count). The van der Waals surface area contributed by atoms with Crippen LogP contribution in [-0.2, 0) is 12.8 Å². The van der Waals surface area contributed by atoms with Gasteiger partial charge in [-0.2, -0.15) is 0 Å². The van der Waals surface area contributed by atoms with Gasteiger partial charge in [0.2, 0.25) is 0 Å². The highest BCUT2D eigenvalue weighted by molar-refractivity contribution is 5.27. The third-order valence-corrected chi connectivity index (χ3v) is 4.27. The summed E-state index contributed by atoms with van der Waals surface area (Å²) in [5.41, 5.74) is 3.74. The van der Waals surface area contributed by atoms with Crippen molar-refractivity contribution in [2.45, 2.75) is 44.1 Å². The number of aliphatic hydroxyl groups is 1. The Bertz CT molecular complexity index is 552. The number of pyridine rings is 1. The largest absolute Gasteiger partial charge is 0.392 e. The third-order valence-electron chi connectivity index (χ3n) is 4.27. The molecule has 104 valence electrons. The molecule has 0 spiro atoms. The Morgan fingerprint density at radius 3 is 2.85 bits per heavy atom. The molecule has 1 aromatic carbocycles. The number of rotatable bonds is 4. The van der Waals surface area contributed by atoms with Crippen LogP contribution in [0.3, 0.4) is 0 Å². The second-order valence-electron chi connectivity index (χ2n) is 5.64. The summed E-state index contributed by atoms with van der Waals surface area (Å²) in [6, 6.07) is 14.5. The molecule has 2 aromatic rings. The lowest BCUT2D eigenvalue weighted by molar-refractivity contribution is 0.123. The normalized spacial score (nSPS) is 19.4. The van der Waals surface area contributed by atoms with Crippen LogP contribution in [0, 0.1) is 0 Å². The maximum absolute atomic E-state index is 10.5. The van der Waals surface area contributed by atoms with Crippen LogP contribution in [0.25, 0.3) is 0 Å². The second-order valence-corrected chi connectivity index (χ2v) is 5.64. The molecule has 0 saturated carbocycles. The van der Waals surface area contributed by atoms with Gasteiger partial charge in [-0.1, -0.05) is 36.4 Å². The predicted octanol–water partition coefficient (Wildman–Crippen LogP) is 3.50. The van der Waals surface area contributed by atoms with Crippen LogP contribution >= 0.6 is 0 Å². The van der Waals surface area contributed by atoms with Gasteiger partial charge in [-0.15, -0.1) is 0 Å². The fourth-order valence-electron chi connectivity index (χ4n) is 3.18. The first-order valence-corrected chi connectivity index (χ1v) is 7.50. The topological polar surface area (TPSA) is 33.1 Å². The van der Waals surface area contributed by atoms with Gasteiger partial charge >= 0.3 is 0 Å². The Hall–Kier alpha value is -1.67. The quantitative estimate of drug-likeness (QED) is 0.919. The Labute approximate surface area is 120 Å². The maximum Gasteiger partial charge on any atom is 0.0627 e. The van der Waals surface area contributed by atoms with Crippen LogP contribution in [0.15, 0.2) is 48.7 Å². The lowest BCUT2D eigenvalue weighted by Crippen LogP contribution is -2.24. The number of nitrogens with zero attached hydrogens (tertiary/aromatic N) is 1. The highest BCUT2D eigenvalue weighted by Gasteiger charge is 2.27. The first-order chi connectivity index (χ1) is 9.84.